The van der Waals surface area contributed by atoms with E-state index < -0.39 is 27.5 Å². The van der Waals surface area contributed by atoms with E-state index in [2.05, 4.69) is 5.32 Å². The number of sulfone groups is 1. The summed E-state index contributed by atoms with van der Waals surface area (Å²) in [5, 5.41) is 2.95. The number of nitrogens with zero attached hydrogens (tertiary/aromatic N) is 1. The lowest BCUT2D eigenvalue weighted by molar-refractivity contribution is -0.142. The van der Waals surface area contributed by atoms with E-state index in [0.29, 0.717) is 17.7 Å². The van der Waals surface area contributed by atoms with Gasteiger partial charge in [0, 0.05) is 24.5 Å². The first kappa shape index (κ1) is 26.8. The highest BCUT2D eigenvalue weighted by Gasteiger charge is 2.29. The minimum atomic E-state index is -3.54. The first-order valence-corrected chi connectivity index (χ1v) is 13.0. The Morgan fingerprint density at radius 3 is 2.39 bits per heavy atom. The third-order valence-electron chi connectivity index (χ3n) is 5.37. The number of aliphatic imine (C=N–C) groups is 1. The average molecular weight is 481 g/mol. The van der Waals surface area contributed by atoms with E-state index in [-0.39, 0.29) is 29.4 Å². The number of ether oxygens (including phenoxy) is 2. The molecule has 0 radical (unpaired) electrons. The number of alkyl carbamates (subject to hydrolysis) is 1. The fourth-order valence-corrected chi connectivity index (χ4v) is 4.72. The van der Waals surface area contributed by atoms with Crippen LogP contribution in [0.1, 0.15) is 78.4 Å². The summed E-state index contributed by atoms with van der Waals surface area (Å²) in [5.41, 5.74) is 2.00. The molecular formula is C24H36N2O6S. The highest BCUT2D eigenvalue weighted by Crippen LogP contribution is 2.38. The molecule has 0 aliphatic carbocycles. The van der Waals surface area contributed by atoms with Crippen LogP contribution < -0.4 is 5.32 Å². The zero-order chi connectivity index (χ0) is 25.1. The average Bonchev–Trinajstić information content (AvgIpc) is 2.80. The van der Waals surface area contributed by atoms with Gasteiger partial charge in [0.1, 0.15) is 12.2 Å². The maximum atomic E-state index is 12.5. The van der Waals surface area contributed by atoms with E-state index in [0.717, 1.165) is 24.0 Å². The molecule has 1 aliphatic heterocycles. The zero-order valence-electron chi connectivity index (χ0n) is 20.8. The molecule has 0 saturated heterocycles. The molecule has 0 saturated carbocycles. The van der Waals surface area contributed by atoms with Crippen molar-refractivity contribution in [1.82, 2.24) is 5.32 Å². The summed E-state index contributed by atoms with van der Waals surface area (Å²) in [6, 6.07) is 2.98. The fraction of sp³-hybridized carbons (Fsp3) is 0.625. The van der Waals surface area contributed by atoms with Gasteiger partial charge in [0.15, 0.2) is 9.84 Å². The molecular weight excluding hydrogens is 444 g/mol. The van der Waals surface area contributed by atoms with Crippen molar-refractivity contribution in [2.75, 3.05) is 6.26 Å². The Labute approximate surface area is 197 Å². The van der Waals surface area contributed by atoms with Gasteiger partial charge < -0.3 is 14.8 Å². The van der Waals surface area contributed by atoms with Crippen molar-refractivity contribution in [2.45, 2.75) is 90.4 Å². The number of carbonyl (C=O) groups is 2. The van der Waals surface area contributed by atoms with Crippen LogP contribution in [0.5, 0.6) is 0 Å². The molecule has 9 heteroatoms. The molecule has 0 aromatic heterocycles. The van der Waals surface area contributed by atoms with Crippen LogP contribution in [0, 0.1) is 5.92 Å². The van der Waals surface area contributed by atoms with Crippen LogP contribution in [-0.4, -0.2) is 44.1 Å². The first-order chi connectivity index (χ1) is 15.1. The maximum Gasteiger partial charge on any atom is 0.408 e. The standard InChI is InChI=1S/C24H36N2O6S/c1-14(2)22(26-23(28)32-24(5,6)7)19-10-9-15(3)18-12-21(33(8,29)30)17(11-20(18)25-19)13-31-16(4)27/h11-12,14-15,22H,9-10,13H2,1-8H3,(H,26,28). The second-order valence-corrected chi connectivity index (χ2v) is 12.0. The third kappa shape index (κ3) is 7.55. The van der Waals surface area contributed by atoms with Crippen molar-refractivity contribution >= 4 is 33.3 Å². The summed E-state index contributed by atoms with van der Waals surface area (Å²) < 4.78 is 35.4. The van der Waals surface area contributed by atoms with Crippen LogP contribution in [-0.2, 0) is 30.7 Å². The summed E-state index contributed by atoms with van der Waals surface area (Å²) >= 11 is 0. The van der Waals surface area contributed by atoms with Gasteiger partial charge in [0.25, 0.3) is 0 Å². The molecule has 1 amide bonds. The molecule has 1 aliphatic rings. The topological polar surface area (TPSA) is 111 Å². The molecule has 1 aromatic rings. The molecule has 184 valence electrons. The van der Waals surface area contributed by atoms with Gasteiger partial charge in [-0.3, -0.25) is 9.79 Å². The number of rotatable bonds is 6. The Kier molecular flexibility index (Phi) is 8.32. The van der Waals surface area contributed by atoms with Crippen LogP contribution >= 0.6 is 0 Å². The quantitative estimate of drug-likeness (QED) is 0.592. The van der Waals surface area contributed by atoms with Crippen LogP contribution in [0.3, 0.4) is 0 Å². The summed E-state index contributed by atoms with van der Waals surface area (Å²) in [4.78, 5) is 28.8. The molecule has 1 N–H and O–H groups in total. The number of nitrogens with one attached hydrogen (secondary N) is 1. The van der Waals surface area contributed by atoms with Crippen molar-refractivity contribution in [3.63, 3.8) is 0 Å². The molecule has 8 nitrogen and oxygen atoms in total. The van der Waals surface area contributed by atoms with Gasteiger partial charge in [0.2, 0.25) is 0 Å². The lowest BCUT2D eigenvalue weighted by Gasteiger charge is -2.27. The number of hydrogen-bond donors (Lipinski definition) is 1. The SMILES string of the molecule is CC(=O)OCc1cc2c(cc1S(C)(=O)=O)C(C)CCC(C(NC(=O)OC(C)(C)C)C(C)C)=N2. The molecule has 0 spiro atoms. The van der Waals surface area contributed by atoms with Gasteiger partial charge >= 0.3 is 12.1 Å². The summed E-state index contributed by atoms with van der Waals surface area (Å²) in [5.74, 6) is -0.383. The monoisotopic (exact) mass is 480 g/mol. The lowest BCUT2D eigenvalue weighted by Crippen LogP contribution is -2.46. The van der Waals surface area contributed by atoms with Crippen molar-refractivity contribution in [1.29, 1.82) is 0 Å². The smallest absolute Gasteiger partial charge is 0.408 e. The van der Waals surface area contributed by atoms with Gasteiger partial charge in [-0.25, -0.2) is 13.2 Å². The fourth-order valence-electron chi connectivity index (χ4n) is 3.78. The number of benzene rings is 1. The number of hydrogen-bond acceptors (Lipinski definition) is 7. The maximum absolute atomic E-state index is 12.5. The van der Waals surface area contributed by atoms with Crippen molar-refractivity contribution in [3.05, 3.63) is 23.3 Å². The second-order valence-electron chi connectivity index (χ2n) is 9.98. The van der Waals surface area contributed by atoms with Crippen LogP contribution in [0.2, 0.25) is 0 Å². The molecule has 2 atom stereocenters. The van der Waals surface area contributed by atoms with E-state index in [1.54, 1.807) is 12.1 Å². The highest BCUT2D eigenvalue weighted by atomic mass is 32.2. The van der Waals surface area contributed by atoms with Crippen LogP contribution in [0.4, 0.5) is 10.5 Å². The number of esters is 1. The van der Waals surface area contributed by atoms with Crippen LogP contribution in [0.15, 0.2) is 22.0 Å². The summed E-state index contributed by atoms with van der Waals surface area (Å²) in [6.45, 7) is 12.6. The molecule has 2 unspecified atom stereocenters. The Hall–Kier alpha value is -2.42. The van der Waals surface area contributed by atoms with E-state index in [9.17, 15) is 18.0 Å². The van der Waals surface area contributed by atoms with Gasteiger partial charge in [-0.2, -0.15) is 0 Å². The molecule has 2 rings (SSSR count). The van der Waals surface area contributed by atoms with E-state index in [4.69, 9.17) is 14.5 Å². The number of carbonyl (C=O) groups excluding carboxylic acids is 2. The largest absolute Gasteiger partial charge is 0.461 e. The highest BCUT2D eigenvalue weighted by molar-refractivity contribution is 7.90. The van der Waals surface area contributed by atoms with Crippen molar-refractivity contribution < 1.29 is 27.5 Å². The molecule has 1 aromatic carbocycles. The summed E-state index contributed by atoms with van der Waals surface area (Å²) in [6.07, 6.45) is 2.02. The van der Waals surface area contributed by atoms with Crippen molar-refractivity contribution in [2.24, 2.45) is 10.9 Å². The third-order valence-corrected chi connectivity index (χ3v) is 6.55. The van der Waals surface area contributed by atoms with Crippen LogP contribution in [0.25, 0.3) is 0 Å². The minimum Gasteiger partial charge on any atom is -0.461 e. The van der Waals surface area contributed by atoms with E-state index >= 15 is 0 Å². The zero-order valence-corrected chi connectivity index (χ0v) is 21.6. The molecule has 1 heterocycles. The normalized spacial score (nSPS) is 17.5. The Balaban J connectivity index is 2.54. The molecule has 0 bridgehead atoms. The Bertz CT molecular complexity index is 1040. The minimum absolute atomic E-state index is 0.0545. The van der Waals surface area contributed by atoms with Gasteiger partial charge in [-0.1, -0.05) is 20.8 Å². The second kappa shape index (κ2) is 10.2. The van der Waals surface area contributed by atoms with Gasteiger partial charge in [-0.15, -0.1) is 0 Å². The Morgan fingerprint density at radius 2 is 1.88 bits per heavy atom. The Morgan fingerprint density at radius 1 is 1.24 bits per heavy atom. The predicted octanol–water partition coefficient (Wildman–Crippen LogP) is 4.67. The number of fused-ring (bicyclic) bond motifs is 1. The predicted molar refractivity (Wildman–Crippen MR) is 128 cm³/mol. The molecule has 0 fully saturated rings. The molecule has 33 heavy (non-hydrogen) atoms. The number of amides is 1. The van der Waals surface area contributed by atoms with E-state index in [1.807, 2.05) is 41.5 Å². The van der Waals surface area contributed by atoms with Crippen molar-refractivity contribution in [3.8, 4) is 0 Å². The lowest BCUT2D eigenvalue weighted by atomic mass is 9.91. The summed E-state index contributed by atoms with van der Waals surface area (Å²) in [7, 11) is -3.54. The van der Waals surface area contributed by atoms with E-state index in [1.165, 1.54) is 6.92 Å². The van der Waals surface area contributed by atoms with Gasteiger partial charge in [-0.05, 0) is 63.1 Å². The first-order valence-electron chi connectivity index (χ1n) is 11.2. The van der Waals surface area contributed by atoms with Gasteiger partial charge in [0.05, 0.1) is 16.6 Å².